The Morgan fingerprint density at radius 2 is 1.59 bits per heavy atom. The first kappa shape index (κ1) is 13.6. The van der Waals surface area contributed by atoms with Gasteiger partial charge in [-0.05, 0) is 59.2 Å². The number of allylic oxidation sites excluding steroid dienone is 4. The quantitative estimate of drug-likeness (QED) is 0.592. The molecule has 0 amide bonds. The number of hydrogen-bond acceptors (Lipinski definition) is 0. The molecule has 0 heterocycles. The SMILES string of the molecule is CC1=CC=C(c2ccc3c(c2)C(C)(C)c2ccccc2-3)CC1. The van der Waals surface area contributed by atoms with Gasteiger partial charge in [-0.25, -0.2) is 0 Å². The molecule has 0 unspecified atom stereocenters. The summed E-state index contributed by atoms with van der Waals surface area (Å²) in [5.74, 6) is 0. The van der Waals surface area contributed by atoms with Gasteiger partial charge in [-0.15, -0.1) is 0 Å². The van der Waals surface area contributed by atoms with E-state index in [0.717, 1.165) is 6.42 Å². The summed E-state index contributed by atoms with van der Waals surface area (Å²) in [5, 5.41) is 0. The van der Waals surface area contributed by atoms with Crippen molar-refractivity contribution >= 4 is 5.57 Å². The minimum absolute atomic E-state index is 0.100. The first-order valence-electron chi connectivity index (χ1n) is 8.18. The van der Waals surface area contributed by atoms with E-state index in [1.165, 1.54) is 45.4 Å². The van der Waals surface area contributed by atoms with Crippen LogP contribution in [-0.2, 0) is 5.41 Å². The second kappa shape index (κ2) is 4.71. The molecule has 22 heavy (non-hydrogen) atoms. The van der Waals surface area contributed by atoms with Gasteiger partial charge in [0.25, 0.3) is 0 Å². The highest BCUT2D eigenvalue weighted by atomic mass is 14.4. The van der Waals surface area contributed by atoms with Crippen molar-refractivity contribution in [3.05, 3.63) is 76.9 Å². The largest absolute Gasteiger partial charge is 0.0730 e. The molecule has 0 heteroatoms. The fourth-order valence-corrected chi connectivity index (χ4v) is 3.89. The van der Waals surface area contributed by atoms with Crippen molar-refractivity contribution in [2.45, 2.75) is 39.0 Å². The maximum Gasteiger partial charge on any atom is 0.0159 e. The van der Waals surface area contributed by atoms with Gasteiger partial charge in [0.15, 0.2) is 0 Å². The van der Waals surface area contributed by atoms with Crippen molar-refractivity contribution in [2.24, 2.45) is 0 Å². The smallest absolute Gasteiger partial charge is 0.0159 e. The predicted octanol–water partition coefficient (Wildman–Crippen LogP) is 6.12. The average Bonchev–Trinajstić information content (AvgIpc) is 2.77. The highest BCUT2D eigenvalue weighted by molar-refractivity contribution is 5.83. The van der Waals surface area contributed by atoms with Gasteiger partial charge in [0.05, 0.1) is 0 Å². The van der Waals surface area contributed by atoms with E-state index in [2.05, 4.69) is 75.4 Å². The monoisotopic (exact) mass is 286 g/mol. The van der Waals surface area contributed by atoms with Crippen LogP contribution in [0.4, 0.5) is 0 Å². The van der Waals surface area contributed by atoms with Crippen LogP contribution in [0.2, 0.25) is 0 Å². The number of hydrogen-bond donors (Lipinski definition) is 0. The Bertz CT molecular complexity index is 816. The molecule has 0 saturated heterocycles. The van der Waals surface area contributed by atoms with Crippen LogP contribution in [0.5, 0.6) is 0 Å². The van der Waals surface area contributed by atoms with Crippen LogP contribution in [0.3, 0.4) is 0 Å². The molecule has 0 saturated carbocycles. The normalized spacial score (nSPS) is 18.3. The molecule has 2 aromatic carbocycles. The molecule has 2 aromatic rings. The number of rotatable bonds is 1. The molecule has 0 aromatic heterocycles. The standard InChI is InChI=1S/C22H22/c1-15-8-10-16(11-9-15)17-12-13-19-18-6-4-5-7-20(18)22(2,3)21(19)14-17/h4-8,10,12-14H,9,11H2,1-3H3. The summed E-state index contributed by atoms with van der Waals surface area (Å²) in [6, 6.07) is 15.9. The predicted molar refractivity (Wildman–Crippen MR) is 95.0 cm³/mol. The second-order valence-corrected chi connectivity index (χ2v) is 7.14. The van der Waals surface area contributed by atoms with E-state index in [-0.39, 0.29) is 5.41 Å². The Morgan fingerprint density at radius 1 is 0.818 bits per heavy atom. The number of benzene rings is 2. The fourth-order valence-electron chi connectivity index (χ4n) is 3.89. The van der Waals surface area contributed by atoms with Crippen LogP contribution < -0.4 is 0 Å². The van der Waals surface area contributed by atoms with E-state index >= 15 is 0 Å². The van der Waals surface area contributed by atoms with Crippen LogP contribution in [0.15, 0.2) is 60.2 Å². The van der Waals surface area contributed by atoms with Gasteiger partial charge in [0.1, 0.15) is 0 Å². The third-order valence-electron chi connectivity index (χ3n) is 5.31. The molecule has 0 spiro atoms. The average molecular weight is 286 g/mol. The summed E-state index contributed by atoms with van der Waals surface area (Å²) in [5.41, 5.74) is 10.2. The molecule has 0 nitrogen and oxygen atoms in total. The topological polar surface area (TPSA) is 0 Å². The molecule has 2 aliphatic rings. The third-order valence-corrected chi connectivity index (χ3v) is 5.31. The van der Waals surface area contributed by atoms with E-state index < -0.39 is 0 Å². The van der Waals surface area contributed by atoms with Crippen molar-refractivity contribution in [1.82, 2.24) is 0 Å². The lowest BCUT2D eigenvalue weighted by Crippen LogP contribution is -2.15. The molecule has 110 valence electrons. The molecular weight excluding hydrogens is 264 g/mol. The van der Waals surface area contributed by atoms with Crippen LogP contribution in [0.1, 0.15) is 50.3 Å². The van der Waals surface area contributed by atoms with Gasteiger partial charge in [-0.3, -0.25) is 0 Å². The summed E-state index contributed by atoms with van der Waals surface area (Å²) in [4.78, 5) is 0. The van der Waals surface area contributed by atoms with Crippen LogP contribution in [0.25, 0.3) is 16.7 Å². The van der Waals surface area contributed by atoms with Crippen molar-refractivity contribution in [3.63, 3.8) is 0 Å². The van der Waals surface area contributed by atoms with Crippen molar-refractivity contribution in [2.75, 3.05) is 0 Å². The van der Waals surface area contributed by atoms with Crippen molar-refractivity contribution in [3.8, 4) is 11.1 Å². The third kappa shape index (κ3) is 1.90. The van der Waals surface area contributed by atoms with E-state index in [1.807, 2.05) is 0 Å². The van der Waals surface area contributed by atoms with E-state index in [4.69, 9.17) is 0 Å². The Hall–Kier alpha value is -2.08. The Labute approximate surface area is 133 Å². The van der Waals surface area contributed by atoms with Crippen LogP contribution >= 0.6 is 0 Å². The van der Waals surface area contributed by atoms with Gasteiger partial charge in [-0.2, -0.15) is 0 Å². The lowest BCUT2D eigenvalue weighted by atomic mass is 9.81. The zero-order valence-corrected chi connectivity index (χ0v) is 13.6. The highest BCUT2D eigenvalue weighted by Crippen LogP contribution is 2.49. The zero-order valence-electron chi connectivity index (χ0n) is 13.6. The van der Waals surface area contributed by atoms with Crippen LogP contribution in [-0.4, -0.2) is 0 Å². The van der Waals surface area contributed by atoms with Gasteiger partial charge < -0.3 is 0 Å². The molecule has 0 fully saturated rings. The first-order valence-corrected chi connectivity index (χ1v) is 8.18. The molecule has 0 N–H and O–H groups in total. The highest BCUT2D eigenvalue weighted by Gasteiger charge is 2.35. The fraction of sp³-hybridized carbons (Fsp3) is 0.273. The zero-order chi connectivity index (χ0) is 15.3. The Kier molecular flexibility index (Phi) is 2.91. The van der Waals surface area contributed by atoms with Gasteiger partial charge in [0.2, 0.25) is 0 Å². The molecule has 0 radical (unpaired) electrons. The summed E-state index contributed by atoms with van der Waals surface area (Å²) >= 11 is 0. The van der Waals surface area contributed by atoms with E-state index in [1.54, 1.807) is 0 Å². The lowest BCUT2D eigenvalue weighted by Gasteiger charge is -2.22. The van der Waals surface area contributed by atoms with Gasteiger partial charge >= 0.3 is 0 Å². The minimum Gasteiger partial charge on any atom is -0.0730 e. The van der Waals surface area contributed by atoms with Crippen molar-refractivity contribution < 1.29 is 0 Å². The first-order chi connectivity index (χ1) is 10.6. The lowest BCUT2D eigenvalue weighted by molar-refractivity contribution is 0.660. The maximum absolute atomic E-state index is 2.43. The summed E-state index contributed by atoms with van der Waals surface area (Å²) in [7, 11) is 0. The second-order valence-electron chi connectivity index (χ2n) is 7.14. The summed E-state index contributed by atoms with van der Waals surface area (Å²) < 4.78 is 0. The minimum atomic E-state index is 0.100. The maximum atomic E-state index is 2.43. The molecule has 0 bridgehead atoms. The summed E-state index contributed by atoms with van der Waals surface area (Å²) in [6.07, 6.45) is 6.92. The van der Waals surface area contributed by atoms with E-state index in [9.17, 15) is 0 Å². The molecular formula is C22H22. The molecule has 0 aliphatic heterocycles. The van der Waals surface area contributed by atoms with Crippen molar-refractivity contribution in [1.29, 1.82) is 0 Å². The Morgan fingerprint density at radius 3 is 2.36 bits per heavy atom. The van der Waals surface area contributed by atoms with Gasteiger partial charge in [0, 0.05) is 5.41 Å². The van der Waals surface area contributed by atoms with Gasteiger partial charge in [-0.1, -0.05) is 68.0 Å². The molecule has 0 atom stereocenters. The Balaban J connectivity index is 1.86. The number of fused-ring (bicyclic) bond motifs is 3. The van der Waals surface area contributed by atoms with Crippen LogP contribution in [0, 0.1) is 0 Å². The summed E-state index contributed by atoms with van der Waals surface area (Å²) in [6.45, 7) is 6.91. The molecule has 4 rings (SSSR count). The van der Waals surface area contributed by atoms with E-state index in [0.29, 0.717) is 0 Å². The molecule has 2 aliphatic carbocycles.